The number of aryl methyl sites for hydroxylation is 2. The molecule has 1 fully saturated rings. The fourth-order valence-electron chi connectivity index (χ4n) is 5.46. The highest BCUT2D eigenvalue weighted by atomic mass is 31.3. The number of nitrogens with one attached hydrogen (secondary N) is 1. The van der Waals surface area contributed by atoms with Gasteiger partial charge in [0.05, 0.1) is 19.5 Å². The summed E-state index contributed by atoms with van der Waals surface area (Å²) in [5, 5.41) is 65.2. The van der Waals surface area contributed by atoms with E-state index in [4.69, 9.17) is 15.0 Å². The number of carbonyl (C=O) groups is 1. The number of phosphoric ester groups is 2. The zero-order valence-corrected chi connectivity index (χ0v) is 29.2. The second-order valence-corrected chi connectivity index (χ2v) is 15.0. The monoisotopic (exact) mass is 786 g/mol. The standard InChI is InChI=1S/C27H33N9O15P2/c1-10-3-12-13(4-11(10)2)35(24-18(32-12)25(42)34-27(43)33-24)5-14(37)19(39)15(38)6-48-52(44,45)51-53(46,47)49-7-16-20(40)21(41)26(50-16)36-9-31-17-22(28)29-8-30-23(17)36/h3-5,8-9,14-16,19-21,26-27,37-41,43H,6-7H2,1-2H3,(H4-,28,29,30,34,42,44,45,46,47)/p+1/t14-,15+,16+,19-,20+,21+,26+,27?/m0/s1. The van der Waals surface area contributed by atoms with Crippen LogP contribution < -0.4 is 20.8 Å². The number of nitrogens with zero attached hydrogens (tertiary/aromatic N) is 7. The number of imidazole rings is 1. The molecular weight excluding hydrogens is 752 g/mol. The molecule has 6 rings (SSSR count). The molecule has 2 aliphatic heterocycles. The van der Waals surface area contributed by atoms with E-state index in [2.05, 4.69) is 39.1 Å². The summed E-state index contributed by atoms with van der Waals surface area (Å²) >= 11 is 0. The number of carbonyl (C=O) groups excluding carboxylic acids is 1. The number of aliphatic hydroxyl groups excluding tert-OH is 6. The lowest BCUT2D eigenvalue weighted by atomic mass is 10.1. The largest absolute Gasteiger partial charge is 0.481 e. The second-order valence-electron chi connectivity index (χ2n) is 12.0. The van der Waals surface area contributed by atoms with Crippen molar-refractivity contribution in [2.24, 2.45) is 4.99 Å². The molecule has 24 nitrogen and oxygen atoms in total. The first-order chi connectivity index (χ1) is 24.9. The molecule has 0 aliphatic carbocycles. The van der Waals surface area contributed by atoms with Gasteiger partial charge in [-0.1, -0.05) is 0 Å². The van der Waals surface area contributed by atoms with Crippen LogP contribution in [0.5, 0.6) is 0 Å². The number of fused-ring (bicyclic) bond motifs is 3. The molecule has 1 amide bonds. The minimum absolute atomic E-state index is 0.0304. The lowest BCUT2D eigenvalue weighted by Gasteiger charge is -2.22. The van der Waals surface area contributed by atoms with E-state index in [9.17, 15) is 54.4 Å². The van der Waals surface area contributed by atoms with Gasteiger partial charge in [-0.05, 0) is 42.1 Å². The van der Waals surface area contributed by atoms with Crippen molar-refractivity contribution in [3.05, 3.63) is 53.3 Å². The molecule has 3 unspecified atom stereocenters. The summed E-state index contributed by atoms with van der Waals surface area (Å²) in [7, 11) is -11.0. The Bertz CT molecular complexity index is 2300. The van der Waals surface area contributed by atoms with Gasteiger partial charge in [0.15, 0.2) is 23.2 Å². The predicted molar refractivity (Wildman–Crippen MR) is 172 cm³/mol. The van der Waals surface area contributed by atoms with Crippen molar-refractivity contribution in [3.63, 3.8) is 0 Å². The van der Waals surface area contributed by atoms with Crippen LogP contribution in [0.1, 0.15) is 27.8 Å². The molecular formula is C27H34N9O15P2+. The van der Waals surface area contributed by atoms with Gasteiger partial charge < -0.3 is 50.9 Å². The molecule has 1 saturated heterocycles. The fourth-order valence-corrected chi connectivity index (χ4v) is 7.56. The summed E-state index contributed by atoms with van der Waals surface area (Å²) in [6.45, 7) is 1.38. The number of phosphoric acid groups is 2. The first kappa shape index (κ1) is 38.7. The van der Waals surface area contributed by atoms with Gasteiger partial charge in [-0.15, -0.1) is 0 Å². The van der Waals surface area contributed by atoms with Crippen LogP contribution in [0.4, 0.5) is 5.82 Å². The molecule has 4 aromatic rings. The summed E-state index contributed by atoms with van der Waals surface area (Å²) in [6, 6.07) is 3.30. The molecule has 286 valence electrons. The van der Waals surface area contributed by atoms with E-state index in [1.54, 1.807) is 26.0 Å². The van der Waals surface area contributed by atoms with Gasteiger partial charge in [0.2, 0.25) is 5.69 Å². The number of nitrogen functional groups attached to an aromatic ring is 1. The minimum atomic E-state index is -5.54. The summed E-state index contributed by atoms with van der Waals surface area (Å²) < 4.78 is 46.5. The Balaban J connectivity index is 1.10. The molecule has 5 heterocycles. The van der Waals surface area contributed by atoms with Crippen molar-refractivity contribution < 1.29 is 76.7 Å². The number of hydrogen-bond donors (Lipinski definition) is 10. The number of amides is 1. The maximum Gasteiger partial charge on any atom is 0.481 e. The Morgan fingerprint density at radius 3 is 2.49 bits per heavy atom. The van der Waals surface area contributed by atoms with E-state index in [1.165, 1.54) is 15.1 Å². The average Bonchev–Trinajstić information content (AvgIpc) is 3.63. The lowest BCUT2D eigenvalue weighted by Crippen LogP contribution is -2.54. The number of benzene rings is 1. The number of aliphatic hydroxyl groups is 6. The van der Waals surface area contributed by atoms with Crippen molar-refractivity contribution in [3.8, 4) is 0 Å². The average molecular weight is 787 g/mol. The summed E-state index contributed by atoms with van der Waals surface area (Å²) in [5.74, 6) is -0.752. The fraction of sp³-hybridized carbons (Fsp3) is 0.444. The summed E-state index contributed by atoms with van der Waals surface area (Å²) in [4.78, 5) is 52.8. The summed E-state index contributed by atoms with van der Waals surface area (Å²) in [5.41, 5.74) is 7.80. The molecule has 2 aliphatic rings. The highest BCUT2D eigenvalue weighted by molar-refractivity contribution is 7.61. The molecule has 3 aromatic heterocycles. The molecule has 0 radical (unpaired) electrons. The van der Waals surface area contributed by atoms with E-state index in [-0.39, 0.29) is 39.2 Å². The van der Waals surface area contributed by atoms with E-state index < -0.39 is 84.0 Å². The van der Waals surface area contributed by atoms with Crippen LogP contribution in [-0.4, -0.2) is 127 Å². The minimum Gasteiger partial charge on any atom is -0.388 e. The summed E-state index contributed by atoms with van der Waals surface area (Å²) in [6.07, 6.45) is -10.8. The van der Waals surface area contributed by atoms with E-state index in [0.717, 1.165) is 23.7 Å². The van der Waals surface area contributed by atoms with Crippen LogP contribution in [0, 0.1) is 20.1 Å². The predicted octanol–water partition coefficient (Wildman–Crippen LogP) is -3.84. The zero-order chi connectivity index (χ0) is 38.6. The third kappa shape index (κ3) is 7.97. The number of ether oxygens (including phenoxy) is 1. The number of aromatic nitrogens is 6. The van der Waals surface area contributed by atoms with Crippen molar-refractivity contribution in [1.29, 1.82) is 0 Å². The van der Waals surface area contributed by atoms with Gasteiger partial charge in [0, 0.05) is 0 Å². The van der Waals surface area contributed by atoms with Crippen molar-refractivity contribution >= 4 is 49.6 Å². The lowest BCUT2D eigenvalue weighted by molar-refractivity contribution is -0.507. The van der Waals surface area contributed by atoms with E-state index in [1.807, 2.05) is 0 Å². The molecule has 0 bridgehead atoms. The van der Waals surface area contributed by atoms with Crippen LogP contribution >= 0.6 is 15.6 Å². The van der Waals surface area contributed by atoms with Crippen LogP contribution in [0.2, 0.25) is 0 Å². The molecule has 0 spiro atoms. The van der Waals surface area contributed by atoms with Crippen molar-refractivity contribution in [1.82, 2.24) is 29.8 Å². The Morgan fingerprint density at radius 2 is 1.75 bits per heavy atom. The highest BCUT2D eigenvalue weighted by Gasteiger charge is 2.46. The van der Waals surface area contributed by atoms with Crippen LogP contribution in [0.3, 0.4) is 0 Å². The maximum absolute atomic E-state index is 12.6. The normalized spacial score (nSPS) is 26.0. The molecule has 1 aromatic carbocycles. The van der Waals surface area contributed by atoms with Crippen LogP contribution in [0.15, 0.2) is 29.8 Å². The van der Waals surface area contributed by atoms with Crippen molar-refractivity contribution in [2.75, 3.05) is 18.9 Å². The third-order valence-electron chi connectivity index (χ3n) is 8.30. The van der Waals surface area contributed by atoms with Gasteiger partial charge >= 0.3 is 27.5 Å². The van der Waals surface area contributed by atoms with E-state index >= 15 is 0 Å². The van der Waals surface area contributed by atoms with Gasteiger partial charge in [-0.25, -0.2) is 29.1 Å². The Hall–Kier alpha value is -3.97. The first-order valence-electron chi connectivity index (χ1n) is 15.4. The molecule has 53 heavy (non-hydrogen) atoms. The molecule has 0 saturated carbocycles. The number of hydrogen-bond acceptors (Lipinski definition) is 19. The van der Waals surface area contributed by atoms with Gasteiger partial charge in [-0.3, -0.25) is 23.7 Å². The Morgan fingerprint density at radius 1 is 1.06 bits per heavy atom. The smallest absolute Gasteiger partial charge is 0.388 e. The van der Waals surface area contributed by atoms with Gasteiger partial charge in [0.25, 0.3) is 5.91 Å². The number of anilines is 1. The molecule has 11 N–H and O–H groups in total. The van der Waals surface area contributed by atoms with Crippen molar-refractivity contribution in [2.45, 2.75) is 63.1 Å². The maximum atomic E-state index is 12.6. The Kier molecular flexibility index (Phi) is 10.7. The van der Waals surface area contributed by atoms with E-state index in [0.29, 0.717) is 0 Å². The van der Waals surface area contributed by atoms with Crippen LogP contribution in [-0.2, 0) is 27.2 Å². The topological polar surface area (TPSA) is 363 Å². The SMILES string of the molecule is Cc1cc2nc3c([n+](=C[C@H](O)[C@H](O)[C@H](O)COP(=O)(O)OP(=O)(O)OC[C@H]4O[C@@H](n5cnc6c(N)ncnc65)[C@H](O)[C@@H]4O)c2cc1C)=NC(O)NC3=O. The first-order valence-corrected chi connectivity index (χ1v) is 18.4. The zero-order valence-electron chi connectivity index (χ0n) is 27.5. The quantitative estimate of drug-likeness (QED) is 0.0485. The van der Waals surface area contributed by atoms with Crippen LogP contribution in [0.25, 0.3) is 22.2 Å². The highest BCUT2D eigenvalue weighted by Crippen LogP contribution is 2.60. The number of nitrogens with two attached hydrogens (primary N) is 1. The number of rotatable bonds is 12. The molecule has 10 atom stereocenters. The van der Waals surface area contributed by atoms with Gasteiger partial charge in [-0.2, -0.15) is 8.55 Å². The van der Waals surface area contributed by atoms with Gasteiger partial charge in [0.1, 0.15) is 60.2 Å². The molecule has 26 heteroatoms. The Labute approximate surface area is 296 Å². The second kappa shape index (κ2) is 14.7. The third-order valence-corrected chi connectivity index (χ3v) is 10.9.